The number of H-pyrrole nitrogens is 1. The molecule has 6 heteroatoms. The number of hydrogen-bond donors (Lipinski definition) is 2. The number of amides is 1. The van der Waals surface area contributed by atoms with Crippen molar-refractivity contribution >= 4 is 22.9 Å². The first-order valence-corrected chi connectivity index (χ1v) is 9.34. The van der Waals surface area contributed by atoms with Gasteiger partial charge in [-0.2, -0.15) is 5.10 Å². The molecule has 2 aromatic heterocycles. The lowest BCUT2D eigenvalue weighted by atomic mass is 10.2. The zero-order valence-electron chi connectivity index (χ0n) is 13.7. The van der Waals surface area contributed by atoms with Gasteiger partial charge in [-0.1, -0.05) is 18.2 Å². The predicted molar refractivity (Wildman–Crippen MR) is 99.2 cm³/mol. The largest absolute Gasteiger partial charge is 0.488 e. The first-order valence-electron chi connectivity index (χ1n) is 8.46. The van der Waals surface area contributed by atoms with E-state index in [9.17, 15) is 4.79 Å². The molecule has 1 aromatic carbocycles. The summed E-state index contributed by atoms with van der Waals surface area (Å²) < 4.78 is 6.07. The van der Waals surface area contributed by atoms with Crippen molar-refractivity contribution in [3.8, 4) is 16.3 Å². The van der Waals surface area contributed by atoms with E-state index in [1.54, 1.807) is 17.4 Å². The van der Waals surface area contributed by atoms with Gasteiger partial charge in [0, 0.05) is 0 Å². The predicted octanol–water partition coefficient (Wildman–Crippen LogP) is 4.71. The molecular formula is C19H19N3O2S. The van der Waals surface area contributed by atoms with Crippen molar-refractivity contribution in [2.45, 2.75) is 31.8 Å². The molecule has 0 atom stereocenters. The molecule has 0 saturated heterocycles. The quantitative estimate of drug-likeness (QED) is 0.698. The molecule has 0 unspecified atom stereocenters. The number of thiophene rings is 1. The molecule has 0 bridgehead atoms. The van der Waals surface area contributed by atoms with Crippen LogP contribution in [0.2, 0.25) is 0 Å². The van der Waals surface area contributed by atoms with Crippen molar-refractivity contribution in [3.05, 3.63) is 53.5 Å². The molecule has 0 aliphatic heterocycles. The highest BCUT2D eigenvalue weighted by Gasteiger charge is 2.19. The zero-order chi connectivity index (χ0) is 17.1. The van der Waals surface area contributed by atoms with Crippen LogP contribution >= 0.6 is 11.3 Å². The van der Waals surface area contributed by atoms with Crippen LogP contribution in [0.15, 0.2) is 47.8 Å². The number of benzene rings is 1. The van der Waals surface area contributed by atoms with Crippen LogP contribution in [0.3, 0.4) is 0 Å². The Labute approximate surface area is 150 Å². The lowest BCUT2D eigenvalue weighted by Crippen LogP contribution is -2.16. The molecule has 1 aliphatic rings. The van der Waals surface area contributed by atoms with Crippen LogP contribution < -0.4 is 10.1 Å². The van der Waals surface area contributed by atoms with Gasteiger partial charge in [0.2, 0.25) is 0 Å². The minimum atomic E-state index is -0.249. The highest BCUT2D eigenvalue weighted by Crippen LogP contribution is 2.30. The van der Waals surface area contributed by atoms with Gasteiger partial charge in [-0.05, 0) is 55.3 Å². The molecule has 3 aromatic rings. The van der Waals surface area contributed by atoms with Crippen molar-refractivity contribution in [1.82, 2.24) is 10.2 Å². The van der Waals surface area contributed by atoms with Gasteiger partial charge in [0.1, 0.15) is 5.75 Å². The number of ether oxygens (including phenoxy) is 1. The molecule has 25 heavy (non-hydrogen) atoms. The molecule has 5 nitrogen and oxygen atoms in total. The number of carbonyl (C=O) groups is 1. The summed E-state index contributed by atoms with van der Waals surface area (Å²) in [6, 6.07) is 13.3. The summed E-state index contributed by atoms with van der Waals surface area (Å²) in [5.74, 6) is 0.471. The minimum absolute atomic E-state index is 0.244. The van der Waals surface area contributed by atoms with Gasteiger partial charge in [0.25, 0.3) is 5.91 Å². The Balaban J connectivity index is 1.49. The van der Waals surface area contributed by atoms with Gasteiger partial charge < -0.3 is 10.1 Å². The molecule has 2 N–H and O–H groups in total. The first-order chi connectivity index (χ1) is 12.3. The molecule has 2 heterocycles. The fourth-order valence-electron chi connectivity index (χ4n) is 3.04. The normalized spacial score (nSPS) is 14.6. The first kappa shape index (κ1) is 15.9. The Morgan fingerprint density at radius 1 is 1.20 bits per heavy atom. The van der Waals surface area contributed by atoms with Gasteiger partial charge in [-0.25, -0.2) is 0 Å². The molecule has 0 spiro atoms. The van der Waals surface area contributed by atoms with Crippen LogP contribution in [0.25, 0.3) is 10.6 Å². The summed E-state index contributed by atoms with van der Waals surface area (Å²) in [5.41, 5.74) is 1.88. The van der Waals surface area contributed by atoms with E-state index in [1.807, 2.05) is 41.8 Å². The number of nitrogens with one attached hydrogen (secondary N) is 2. The molecule has 1 aliphatic carbocycles. The number of nitrogens with zero attached hydrogens (tertiary/aromatic N) is 1. The van der Waals surface area contributed by atoms with Crippen LogP contribution in [-0.4, -0.2) is 22.2 Å². The SMILES string of the molecule is O=C(Nc1ccccc1OC1CCCC1)c1cc(-c2cccs2)[nH]n1. The third-order valence-electron chi connectivity index (χ3n) is 4.33. The summed E-state index contributed by atoms with van der Waals surface area (Å²) in [6.45, 7) is 0. The Kier molecular flexibility index (Phi) is 4.52. The number of rotatable bonds is 5. The van der Waals surface area contributed by atoms with Crippen LogP contribution in [0.1, 0.15) is 36.2 Å². The zero-order valence-corrected chi connectivity index (χ0v) is 14.5. The third-order valence-corrected chi connectivity index (χ3v) is 5.23. The maximum atomic E-state index is 12.5. The topological polar surface area (TPSA) is 67.0 Å². The number of hydrogen-bond acceptors (Lipinski definition) is 4. The number of para-hydroxylation sites is 2. The van der Waals surface area contributed by atoms with Crippen molar-refractivity contribution in [1.29, 1.82) is 0 Å². The molecule has 1 fully saturated rings. The van der Waals surface area contributed by atoms with E-state index in [4.69, 9.17) is 4.74 Å². The van der Waals surface area contributed by atoms with Crippen molar-refractivity contribution in [2.24, 2.45) is 0 Å². The summed E-state index contributed by atoms with van der Waals surface area (Å²) in [7, 11) is 0. The van der Waals surface area contributed by atoms with Gasteiger partial charge in [0.15, 0.2) is 5.69 Å². The van der Waals surface area contributed by atoms with Gasteiger partial charge in [0.05, 0.1) is 22.4 Å². The van der Waals surface area contributed by atoms with Crippen LogP contribution in [0.5, 0.6) is 5.75 Å². The average molecular weight is 353 g/mol. The lowest BCUT2D eigenvalue weighted by Gasteiger charge is -2.16. The van der Waals surface area contributed by atoms with Gasteiger partial charge >= 0.3 is 0 Å². The minimum Gasteiger partial charge on any atom is -0.488 e. The number of anilines is 1. The second-order valence-electron chi connectivity index (χ2n) is 6.12. The van der Waals surface area contributed by atoms with Crippen molar-refractivity contribution in [2.75, 3.05) is 5.32 Å². The molecule has 0 radical (unpaired) electrons. The monoisotopic (exact) mass is 353 g/mol. The molecule has 1 amide bonds. The number of carbonyl (C=O) groups excluding carboxylic acids is 1. The van der Waals surface area contributed by atoms with Crippen LogP contribution in [0, 0.1) is 0 Å². The Hall–Kier alpha value is -2.60. The number of aromatic amines is 1. The summed E-state index contributed by atoms with van der Waals surface area (Å²) in [4.78, 5) is 13.6. The fourth-order valence-corrected chi connectivity index (χ4v) is 3.73. The number of aromatic nitrogens is 2. The van der Waals surface area contributed by atoms with E-state index in [2.05, 4.69) is 15.5 Å². The van der Waals surface area contributed by atoms with Crippen LogP contribution in [-0.2, 0) is 0 Å². The maximum Gasteiger partial charge on any atom is 0.276 e. The summed E-state index contributed by atoms with van der Waals surface area (Å²) >= 11 is 1.60. The molecule has 4 rings (SSSR count). The van der Waals surface area contributed by atoms with Crippen LogP contribution in [0.4, 0.5) is 5.69 Å². The lowest BCUT2D eigenvalue weighted by molar-refractivity contribution is 0.102. The highest BCUT2D eigenvalue weighted by atomic mass is 32.1. The Morgan fingerprint density at radius 3 is 2.84 bits per heavy atom. The van der Waals surface area contributed by atoms with E-state index in [0.29, 0.717) is 11.4 Å². The van der Waals surface area contributed by atoms with Gasteiger partial charge in [-0.3, -0.25) is 9.89 Å². The molecule has 128 valence electrons. The second-order valence-corrected chi connectivity index (χ2v) is 7.07. The standard InChI is InChI=1S/C19H19N3O2S/c23-19(16-12-15(21-22-16)18-10-5-11-25-18)20-14-8-3-4-9-17(14)24-13-6-1-2-7-13/h3-5,8-13H,1-2,6-7H2,(H,20,23)(H,21,22). The highest BCUT2D eigenvalue weighted by molar-refractivity contribution is 7.13. The van der Waals surface area contributed by atoms with Crippen molar-refractivity contribution in [3.63, 3.8) is 0 Å². The van der Waals surface area contributed by atoms with E-state index < -0.39 is 0 Å². The summed E-state index contributed by atoms with van der Waals surface area (Å²) in [5, 5.41) is 12.0. The fraction of sp³-hybridized carbons (Fsp3) is 0.263. The average Bonchev–Trinajstić information content (AvgIpc) is 3.38. The maximum absolute atomic E-state index is 12.5. The van der Waals surface area contributed by atoms with E-state index >= 15 is 0 Å². The van der Waals surface area contributed by atoms with Crippen molar-refractivity contribution < 1.29 is 9.53 Å². The van der Waals surface area contributed by atoms with E-state index in [-0.39, 0.29) is 12.0 Å². The molecule has 1 saturated carbocycles. The molecular weight excluding hydrogens is 334 g/mol. The van der Waals surface area contributed by atoms with E-state index in [0.717, 1.165) is 29.2 Å². The third kappa shape index (κ3) is 3.58. The second kappa shape index (κ2) is 7.11. The Bertz CT molecular complexity index is 851. The Morgan fingerprint density at radius 2 is 2.04 bits per heavy atom. The van der Waals surface area contributed by atoms with E-state index in [1.165, 1.54) is 12.8 Å². The van der Waals surface area contributed by atoms with Gasteiger partial charge in [-0.15, -0.1) is 11.3 Å². The smallest absolute Gasteiger partial charge is 0.276 e. The summed E-state index contributed by atoms with van der Waals surface area (Å²) in [6.07, 6.45) is 4.81.